The van der Waals surface area contributed by atoms with Gasteiger partial charge < -0.3 is 14.5 Å². The number of nitrogens with zero attached hydrogens (tertiary/aromatic N) is 2. The topological polar surface area (TPSA) is 49.9 Å². The Hall–Kier alpha value is -1.26. The first-order valence-electron chi connectivity index (χ1n) is 5.88. The average molecular weight is 242 g/mol. The number of rotatable bonds is 2. The molecule has 0 spiro atoms. The van der Waals surface area contributed by atoms with Crippen LogP contribution >= 0.6 is 0 Å². The standard InChI is InChI=1S/C12H22N2O3/c1-9(15)14-7-10(8-14)6-13(5)11(16)17-12(2,3)4/h10H,6-8H2,1-5H3. The number of carbonyl (C=O) groups is 2. The fourth-order valence-electron chi connectivity index (χ4n) is 1.74. The number of likely N-dealkylation sites (tertiary alicyclic amines) is 1. The molecule has 5 heteroatoms. The average Bonchev–Trinajstić information content (AvgIpc) is 2.06. The maximum Gasteiger partial charge on any atom is 0.410 e. The van der Waals surface area contributed by atoms with Gasteiger partial charge in [0, 0.05) is 39.5 Å². The molecule has 0 unspecified atom stereocenters. The van der Waals surface area contributed by atoms with Crippen LogP contribution in [-0.2, 0) is 9.53 Å². The van der Waals surface area contributed by atoms with Gasteiger partial charge in [-0.3, -0.25) is 4.79 Å². The molecular formula is C12H22N2O3. The van der Waals surface area contributed by atoms with Crippen molar-refractivity contribution in [3.05, 3.63) is 0 Å². The lowest BCUT2D eigenvalue weighted by molar-refractivity contribution is -0.135. The van der Waals surface area contributed by atoms with Crippen LogP contribution in [0.1, 0.15) is 27.7 Å². The first-order chi connectivity index (χ1) is 7.69. The van der Waals surface area contributed by atoms with Gasteiger partial charge in [0.05, 0.1) is 0 Å². The third-order valence-corrected chi connectivity index (χ3v) is 2.64. The van der Waals surface area contributed by atoms with Crippen LogP contribution in [0.25, 0.3) is 0 Å². The Kier molecular flexibility index (Phi) is 4.01. The molecule has 1 aliphatic rings. The van der Waals surface area contributed by atoms with Crippen LogP contribution in [0.4, 0.5) is 4.79 Å². The summed E-state index contributed by atoms with van der Waals surface area (Å²) in [6, 6.07) is 0. The normalized spacial score (nSPS) is 16.4. The molecule has 0 saturated carbocycles. The van der Waals surface area contributed by atoms with E-state index in [1.165, 1.54) is 0 Å². The van der Waals surface area contributed by atoms with E-state index in [2.05, 4.69) is 0 Å². The van der Waals surface area contributed by atoms with Crippen molar-refractivity contribution in [1.29, 1.82) is 0 Å². The number of amides is 2. The highest BCUT2D eigenvalue weighted by Gasteiger charge is 2.31. The van der Waals surface area contributed by atoms with Crippen molar-refractivity contribution in [3.63, 3.8) is 0 Å². The Labute approximate surface area is 103 Å². The molecule has 1 fully saturated rings. The summed E-state index contributed by atoms with van der Waals surface area (Å²) >= 11 is 0. The van der Waals surface area contributed by atoms with Gasteiger partial charge in [-0.2, -0.15) is 0 Å². The summed E-state index contributed by atoms with van der Waals surface area (Å²) < 4.78 is 5.25. The summed E-state index contributed by atoms with van der Waals surface area (Å²) in [4.78, 5) is 26.0. The molecule has 0 aromatic carbocycles. The summed E-state index contributed by atoms with van der Waals surface area (Å²) in [6.45, 7) is 9.22. The Morgan fingerprint density at radius 1 is 1.35 bits per heavy atom. The Morgan fingerprint density at radius 3 is 2.29 bits per heavy atom. The number of ether oxygens (including phenoxy) is 1. The molecule has 5 nitrogen and oxygen atoms in total. The predicted molar refractivity (Wildman–Crippen MR) is 64.6 cm³/mol. The molecule has 0 atom stereocenters. The zero-order chi connectivity index (χ0) is 13.2. The lowest BCUT2D eigenvalue weighted by Crippen LogP contribution is -2.53. The van der Waals surface area contributed by atoms with Gasteiger partial charge in [-0.1, -0.05) is 0 Å². The highest BCUT2D eigenvalue weighted by molar-refractivity contribution is 5.74. The van der Waals surface area contributed by atoms with E-state index in [4.69, 9.17) is 4.74 Å². The van der Waals surface area contributed by atoms with E-state index in [9.17, 15) is 9.59 Å². The number of hydrogen-bond acceptors (Lipinski definition) is 3. The fraction of sp³-hybridized carbons (Fsp3) is 0.833. The van der Waals surface area contributed by atoms with Gasteiger partial charge in [0.25, 0.3) is 0 Å². The molecule has 1 heterocycles. The fourth-order valence-corrected chi connectivity index (χ4v) is 1.74. The molecule has 0 aromatic rings. The van der Waals surface area contributed by atoms with E-state index < -0.39 is 5.60 Å². The van der Waals surface area contributed by atoms with Crippen LogP contribution < -0.4 is 0 Å². The van der Waals surface area contributed by atoms with Crippen molar-refractivity contribution in [2.45, 2.75) is 33.3 Å². The van der Waals surface area contributed by atoms with Crippen LogP contribution in [0.15, 0.2) is 0 Å². The zero-order valence-corrected chi connectivity index (χ0v) is 11.3. The molecule has 98 valence electrons. The van der Waals surface area contributed by atoms with E-state index >= 15 is 0 Å². The number of hydrogen-bond donors (Lipinski definition) is 0. The lowest BCUT2D eigenvalue weighted by atomic mass is 10.00. The van der Waals surface area contributed by atoms with E-state index in [1.54, 1.807) is 23.8 Å². The molecule has 0 bridgehead atoms. The Morgan fingerprint density at radius 2 is 1.88 bits per heavy atom. The van der Waals surface area contributed by atoms with Gasteiger partial charge in [-0.05, 0) is 20.8 Å². The number of carbonyl (C=O) groups excluding carboxylic acids is 2. The van der Waals surface area contributed by atoms with E-state index in [-0.39, 0.29) is 12.0 Å². The van der Waals surface area contributed by atoms with Crippen molar-refractivity contribution in [1.82, 2.24) is 9.80 Å². The third kappa shape index (κ3) is 4.24. The molecule has 0 N–H and O–H groups in total. The van der Waals surface area contributed by atoms with Gasteiger partial charge in [0.1, 0.15) is 5.60 Å². The van der Waals surface area contributed by atoms with Crippen molar-refractivity contribution < 1.29 is 14.3 Å². The highest BCUT2D eigenvalue weighted by Crippen LogP contribution is 2.17. The summed E-state index contributed by atoms with van der Waals surface area (Å²) in [5, 5.41) is 0. The molecule has 1 aliphatic heterocycles. The van der Waals surface area contributed by atoms with Gasteiger partial charge >= 0.3 is 6.09 Å². The van der Waals surface area contributed by atoms with Crippen LogP contribution in [0, 0.1) is 5.92 Å². The monoisotopic (exact) mass is 242 g/mol. The van der Waals surface area contributed by atoms with Gasteiger partial charge in [0.15, 0.2) is 0 Å². The minimum Gasteiger partial charge on any atom is -0.444 e. The molecular weight excluding hydrogens is 220 g/mol. The highest BCUT2D eigenvalue weighted by atomic mass is 16.6. The van der Waals surface area contributed by atoms with Crippen LogP contribution in [0.2, 0.25) is 0 Å². The van der Waals surface area contributed by atoms with Crippen molar-refractivity contribution in [2.75, 3.05) is 26.7 Å². The molecule has 0 aromatic heterocycles. The van der Waals surface area contributed by atoms with Gasteiger partial charge in [0.2, 0.25) is 5.91 Å². The summed E-state index contributed by atoms with van der Waals surface area (Å²) in [6.07, 6.45) is -0.307. The molecule has 0 radical (unpaired) electrons. The van der Waals surface area contributed by atoms with Gasteiger partial charge in [-0.25, -0.2) is 4.79 Å². The molecule has 17 heavy (non-hydrogen) atoms. The summed E-state index contributed by atoms with van der Waals surface area (Å²) in [7, 11) is 1.73. The summed E-state index contributed by atoms with van der Waals surface area (Å²) in [5.74, 6) is 0.470. The second kappa shape index (κ2) is 4.94. The predicted octanol–water partition coefficient (Wildman–Crippen LogP) is 1.33. The maximum atomic E-state index is 11.7. The van der Waals surface area contributed by atoms with Crippen LogP contribution in [0.3, 0.4) is 0 Å². The SMILES string of the molecule is CC(=O)N1CC(CN(C)C(=O)OC(C)(C)C)C1. The first-order valence-corrected chi connectivity index (χ1v) is 5.88. The quantitative estimate of drug-likeness (QED) is 0.734. The van der Waals surface area contributed by atoms with Crippen molar-refractivity contribution in [3.8, 4) is 0 Å². The maximum absolute atomic E-state index is 11.7. The lowest BCUT2D eigenvalue weighted by Gasteiger charge is -2.40. The minimum atomic E-state index is -0.462. The largest absolute Gasteiger partial charge is 0.444 e. The first kappa shape index (κ1) is 13.8. The van der Waals surface area contributed by atoms with Crippen molar-refractivity contribution in [2.24, 2.45) is 5.92 Å². The smallest absolute Gasteiger partial charge is 0.410 e. The molecule has 2 amide bonds. The molecule has 1 rings (SSSR count). The Bertz CT molecular complexity index is 303. The van der Waals surface area contributed by atoms with Crippen LogP contribution in [-0.4, -0.2) is 54.1 Å². The van der Waals surface area contributed by atoms with E-state index in [0.717, 1.165) is 13.1 Å². The van der Waals surface area contributed by atoms with Gasteiger partial charge in [-0.15, -0.1) is 0 Å². The van der Waals surface area contributed by atoms with E-state index in [0.29, 0.717) is 12.5 Å². The Balaban J connectivity index is 2.29. The van der Waals surface area contributed by atoms with E-state index in [1.807, 2.05) is 20.8 Å². The van der Waals surface area contributed by atoms with Crippen molar-refractivity contribution >= 4 is 12.0 Å². The minimum absolute atomic E-state index is 0.0983. The van der Waals surface area contributed by atoms with Crippen LogP contribution in [0.5, 0.6) is 0 Å². The third-order valence-electron chi connectivity index (χ3n) is 2.64. The molecule has 1 saturated heterocycles. The second-order valence-corrected chi connectivity index (χ2v) is 5.65. The molecule has 0 aliphatic carbocycles. The summed E-state index contributed by atoms with van der Waals surface area (Å²) in [5.41, 5.74) is -0.462. The second-order valence-electron chi connectivity index (χ2n) is 5.65. The zero-order valence-electron chi connectivity index (χ0n) is 11.3.